The molecule has 22 heavy (non-hydrogen) atoms. The van der Waals surface area contributed by atoms with Crippen LogP contribution in [-0.4, -0.2) is 23.4 Å². The summed E-state index contributed by atoms with van der Waals surface area (Å²) < 4.78 is 0. The van der Waals surface area contributed by atoms with Crippen molar-refractivity contribution >= 4 is 23.2 Å². The van der Waals surface area contributed by atoms with Crippen molar-refractivity contribution in [2.75, 3.05) is 13.2 Å². The summed E-state index contributed by atoms with van der Waals surface area (Å²) in [7, 11) is 0. The minimum absolute atomic E-state index is 0. The second kappa shape index (κ2) is 8.44. The number of allylic oxidation sites excluding steroid dienone is 6. The van der Waals surface area contributed by atoms with E-state index in [1.807, 2.05) is 0 Å². The van der Waals surface area contributed by atoms with Crippen LogP contribution in [0.2, 0.25) is 0 Å². The van der Waals surface area contributed by atoms with Crippen molar-refractivity contribution in [2.45, 2.75) is 39.5 Å². The van der Waals surface area contributed by atoms with Crippen molar-refractivity contribution in [3.8, 4) is 0 Å². The molecule has 5 heteroatoms. The Balaban J connectivity index is 0.00000242. The van der Waals surface area contributed by atoms with Gasteiger partial charge in [-0.3, -0.25) is 0 Å². The first kappa shape index (κ1) is 20.4. The molecule has 0 atom stereocenters. The predicted octanol–water partition coefficient (Wildman–Crippen LogP) is 4.42. The molecule has 0 unspecified atom stereocenters. The minimum atomic E-state index is -0.316. The van der Waals surface area contributed by atoms with Crippen LogP contribution in [0, 0.1) is 5.41 Å². The maximum Gasteiger partial charge on any atom is 0.0471 e. The van der Waals surface area contributed by atoms with Crippen molar-refractivity contribution in [3.05, 3.63) is 44.5 Å². The van der Waals surface area contributed by atoms with Crippen molar-refractivity contribution < 1.29 is 36.4 Å². The largest absolute Gasteiger partial charge is 0.396 e. The maximum absolute atomic E-state index is 9.26. The van der Waals surface area contributed by atoms with E-state index in [1.54, 1.807) is 0 Å². The Labute approximate surface area is 161 Å². The zero-order valence-electron chi connectivity index (χ0n) is 13.0. The topological polar surface area (TPSA) is 40.5 Å². The second-order valence-electron chi connectivity index (χ2n) is 6.00. The summed E-state index contributed by atoms with van der Waals surface area (Å²) in [5.41, 5.74) is 4.07. The van der Waals surface area contributed by atoms with Gasteiger partial charge in [-0.2, -0.15) is 0 Å². The fraction of sp³-hybridized carbons (Fsp3) is 0.529. The third-order valence-electron chi connectivity index (χ3n) is 4.25. The van der Waals surface area contributed by atoms with Gasteiger partial charge in [-0.05, 0) is 35.1 Å². The van der Waals surface area contributed by atoms with Gasteiger partial charge in [-0.15, -0.1) is 0 Å². The molecule has 2 rings (SSSR count). The van der Waals surface area contributed by atoms with E-state index in [1.165, 1.54) is 0 Å². The molecule has 0 bridgehead atoms. The Morgan fingerprint density at radius 1 is 0.909 bits per heavy atom. The third kappa shape index (κ3) is 3.87. The van der Waals surface area contributed by atoms with Crippen LogP contribution >= 0.6 is 23.2 Å². The molecule has 0 amide bonds. The smallest absolute Gasteiger partial charge is 0.0471 e. The van der Waals surface area contributed by atoms with Gasteiger partial charge < -0.3 is 10.2 Å². The van der Waals surface area contributed by atoms with Gasteiger partial charge in [-0.1, -0.05) is 49.2 Å². The molecule has 2 aliphatic rings. The van der Waals surface area contributed by atoms with E-state index in [4.69, 9.17) is 23.2 Å². The predicted molar refractivity (Wildman–Crippen MR) is 88.3 cm³/mol. The first-order valence-electron chi connectivity index (χ1n) is 7.32. The quantitative estimate of drug-likeness (QED) is 0.668. The van der Waals surface area contributed by atoms with Crippen molar-refractivity contribution in [1.29, 1.82) is 0 Å². The Hall–Kier alpha value is 0.343. The van der Waals surface area contributed by atoms with Gasteiger partial charge in [0.15, 0.2) is 0 Å². The average Bonchev–Trinajstić information content (AvgIpc) is 2.95. The van der Waals surface area contributed by atoms with E-state index in [-0.39, 0.29) is 44.8 Å². The van der Waals surface area contributed by atoms with E-state index in [0.29, 0.717) is 12.8 Å². The fourth-order valence-corrected chi connectivity index (χ4v) is 4.35. The molecule has 0 spiro atoms. The molecule has 0 aliphatic heterocycles. The summed E-state index contributed by atoms with van der Waals surface area (Å²) in [6.07, 6.45) is 6.85. The molecule has 120 valence electrons. The number of hydrogen-bond acceptors (Lipinski definition) is 2. The molecule has 0 aromatic rings. The van der Waals surface area contributed by atoms with Gasteiger partial charge in [-0.25, -0.2) is 0 Å². The maximum atomic E-state index is 9.26. The molecule has 0 fully saturated rings. The summed E-state index contributed by atoms with van der Waals surface area (Å²) in [5.74, 6) is 0. The summed E-state index contributed by atoms with van der Waals surface area (Å²) in [5, 5.41) is 20.2. The van der Waals surface area contributed by atoms with Crippen molar-refractivity contribution in [1.82, 2.24) is 0 Å². The van der Waals surface area contributed by atoms with Crippen molar-refractivity contribution in [3.63, 3.8) is 0 Å². The van der Waals surface area contributed by atoms with Crippen LogP contribution in [0.15, 0.2) is 44.5 Å². The molecule has 0 aromatic heterocycles. The fourth-order valence-electron chi connectivity index (χ4n) is 3.48. The minimum Gasteiger partial charge on any atom is -0.396 e. The summed E-state index contributed by atoms with van der Waals surface area (Å²) >= 11 is 12.9. The summed E-state index contributed by atoms with van der Waals surface area (Å²) in [4.78, 5) is 0. The molecule has 0 saturated carbocycles. The van der Waals surface area contributed by atoms with E-state index in [0.717, 1.165) is 45.2 Å². The summed E-state index contributed by atoms with van der Waals surface area (Å²) in [6, 6.07) is 0. The normalized spacial score (nSPS) is 18.6. The number of aliphatic hydroxyl groups is 2. The summed E-state index contributed by atoms with van der Waals surface area (Å²) in [6.45, 7) is 4.47. The number of rotatable bonds is 6. The van der Waals surface area contributed by atoms with E-state index >= 15 is 0 Å². The molecule has 0 saturated heterocycles. The number of aliphatic hydroxyl groups excluding tert-OH is 2. The standard InChI is InChI=1S/C17H22Cl2O2.Zr/c1-17(2,15-11(7-9-20)3-5-13(15)18)16-12(8-10-21)4-6-14(16)19;/h3-4,20-21H,5-10H2,1-2H3;. The van der Waals surface area contributed by atoms with Crippen LogP contribution in [-0.2, 0) is 26.2 Å². The average molecular weight is 420 g/mol. The Morgan fingerprint density at radius 2 is 1.27 bits per heavy atom. The molecule has 0 heterocycles. The first-order chi connectivity index (χ1) is 9.93. The van der Waals surface area contributed by atoms with Gasteiger partial charge in [0.2, 0.25) is 0 Å². The Bertz CT molecular complexity index is 509. The first-order valence-corrected chi connectivity index (χ1v) is 8.07. The van der Waals surface area contributed by atoms with E-state index < -0.39 is 0 Å². The van der Waals surface area contributed by atoms with Crippen LogP contribution in [0.3, 0.4) is 0 Å². The van der Waals surface area contributed by atoms with Crippen molar-refractivity contribution in [2.24, 2.45) is 5.41 Å². The van der Waals surface area contributed by atoms with Crippen LogP contribution in [0.5, 0.6) is 0 Å². The monoisotopic (exact) mass is 418 g/mol. The SMILES string of the molecule is CC(C)(C1=C(Cl)CC=C1CCO)C1=C(Cl)CC=C1CCO.[Zr]. The van der Waals surface area contributed by atoms with Gasteiger partial charge >= 0.3 is 0 Å². The Kier molecular flexibility index (Phi) is 7.82. The molecule has 2 N–H and O–H groups in total. The van der Waals surface area contributed by atoms with Gasteiger partial charge in [0.25, 0.3) is 0 Å². The van der Waals surface area contributed by atoms with E-state index in [2.05, 4.69) is 26.0 Å². The number of halogens is 2. The zero-order chi connectivity index (χ0) is 15.6. The molecular formula is C17H22Cl2O2Zr. The van der Waals surface area contributed by atoms with Gasteiger partial charge in [0, 0.05) is 67.7 Å². The molecule has 0 aromatic carbocycles. The Morgan fingerprint density at radius 3 is 1.59 bits per heavy atom. The van der Waals surface area contributed by atoms with Gasteiger partial charge in [0.05, 0.1) is 0 Å². The number of hydrogen-bond donors (Lipinski definition) is 2. The second-order valence-corrected chi connectivity index (χ2v) is 6.91. The van der Waals surface area contributed by atoms with Crippen LogP contribution in [0.25, 0.3) is 0 Å². The van der Waals surface area contributed by atoms with Gasteiger partial charge in [0.1, 0.15) is 0 Å². The van der Waals surface area contributed by atoms with Crippen LogP contribution < -0.4 is 0 Å². The van der Waals surface area contributed by atoms with E-state index in [9.17, 15) is 10.2 Å². The third-order valence-corrected chi connectivity index (χ3v) is 4.94. The van der Waals surface area contributed by atoms with Crippen LogP contribution in [0.1, 0.15) is 39.5 Å². The molecule has 2 aliphatic carbocycles. The molecule has 0 radical (unpaired) electrons. The van der Waals surface area contributed by atoms with Crippen LogP contribution in [0.4, 0.5) is 0 Å². The zero-order valence-corrected chi connectivity index (χ0v) is 17.0. The molecule has 2 nitrogen and oxygen atoms in total. The molecular weight excluding hydrogens is 398 g/mol.